The van der Waals surface area contributed by atoms with Crippen molar-refractivity contribution in [3.05, 3.63) is 30.1 Å². The minimum atomic E-state index is 0.987. The molecule has 2 heteroatoms. The average molecular weight is 160 g/mol. The first-order chi connectivity index (χ1) is 5.83. The van der Waals surface area contributed by atoms with E-state index in [1.54, 1.807) is 0 Å². The van der Waals surface area contributed by atoms with Crippen LogP contribution >= 0.6 is 0 Å². The maximum atomic E-state index is 4.31. The van der Waals surface area contributed by atoms with E-state index in [0.717, 1.165) is 12.1 Å². The van der Waals surface area contributed by atoms with Gasteiger partial charge in [-0.2, -0.15) is 0 Å². The minimum absolute atomic E-state index is 0.987. The van der Waals surface area contributed by atoms with Crippen LogP contribution in [0.15, 0.2) is 24.5 Å². The number of benzene rings is 1. The van der Waals surface area contributed by atoms with E-state index in [2.05, 4.69) is 35.5 Å². The van der Waals surface area contributed by atoms with Gasteiger partial charge in [-0.3, -0.25) is 0 Å². The summed E-state index contributed by atoms with van der Waals surface area (Å²) < 4.78 is 2.17. The van der Waals surface area contributed by atoms with Crippen LogP contribution < -0.4 is 0 Å². The third kappa shape index (κ3) is 0.916. The molecule has 2 rings (SSSR count). The van der Waals surface area contributed by atoms with Gasteiger partial charge < -0.3 is 4.57 Å². The lowest BCUT2D eigenvalue weighted by Crippen LogP contribution is -1.92. The summed E-state index contributed by atoms with van der Waals surface area (Å²) in [5.41, 5.74) is 3.66. The molecule has 1 aromatic heterocycles. The Hall–Kier alpha value is -1.31. The molecule has 1 aromatic carbocycles. The minimum Gasteiger partial charge on any atom is -0.331 e. The fourth-order valence-corrected chi connectivity index (χ4v) is 1.55. The van der Waals surface area contributed by atoms with Gasteiger partial charge in [-0.05, 0) is 25.5 Å². The van der Waals surface area contributed by atoms with E-state index >= 15 is 0 Å². The largest absolute Gasteiger partial charge is 0.331 e. The first-order valence-corrected chi connectivity index (χ1v) is 4.23. The van der Waals surface area contributed by atoms with Crippen LogP contribution in [0.3, 0.4) is 0 Å². The molecule has 0 unspecified atom stereocenters. The van der Waals surface area contributed by atoms with Crippen molar-refractivity contribution >= 4 is 11.0 Å². The summed E-state index contributed by atoms with van der Waals surface area (Å²) >= 11 is 0. The molecule has 0 fully saturated rings. The van der Waals surface area contributed by atoms with Crippen LogP contribution in [0.5, 0.6) is 0 Å². The van der Waals surface area contributed by atoms with Gasteiger partial charge in [-0.25, -0.2) is 4.98 Å². The predicted molar refractivity (Wildman–Crippen MR) is 50.1 cm³/mol. The molecular weight excluding hydrogens is 148 g/mol. The number of nitrogens with zero attached hydrogens (tertiary/aromatic N) is 2. The zero-order valence-electron chi connectivity index (χ0n) is 7.41. The SMILES string of the molecule is CCn1cnc2cccc(C)c21. The molecule has 1 heterocycles. The van der Waals surface area contributed by atoms with Crippen molar-refractivity contribution in [3.8, 4) is 0 Å². The van der Waals surface area contributed by atoms with E-state index in [9.17, 15) is 0 Å². The fraction of sp³-hybridized carbons (Fsp3) is 0.300. The lowest BCUT2D eigenvalue weighted by atomic mass is 10.2. The molecule has 0 bridgehead atoms. The summed E-state index contributed by atoms with van der Waals surface area (Å²) in [4.78, 5) is 4.31. The molecule has 0 aliphatic heterocycles. The van der Waals surface area contributed by atoms with Gasteiger partial charge >= 0.3 is 0 Å². The summed E-state index contributed by atoms with van der Waals surface area (Å²) in [6.07, 6.45) is 1.90. The molecule has 0 aliphatic carbocycles. The van der Waals surface area contributed by atoms with Crippen LogP contribution in [0.4, 0.5) is 0 Å². The van der Waals surface area contributed by atoms with Crippen LogP contribution in [-0.2, 0) is 6.54 Å². The topological polar surface area (TPSA) is 17.8 Å². The Kier molecular flexibility index (Phi) is 1.61. The van der Waals surface area contributed by atoms with E-state index in [4.69, 9.17) is 0 Å². The zero-order valence-corrected chi connectivity index (χ0v) is 7.41. The third-order valence-corrected chi connectivity index (χ3v) is 2.18. The molecule has 0 aliphatic rings. The van der Waals surface area contributed by atoms with Gasteiger partial charge in [-0.15, -0.1) is 0 Å². The van der Waals surface area contributed by atoms with Gasteiger partial charge in [-0.1, -0.05) is 12.1 Å². The fourth-order valence-electron chi connectivity index (χ4n) is 1.55. The Morgan fingerprint density at radius 2 is 2.25 bits per heavy atom. The Labute approximate surface area is 71.8 Å². The average Bonchev–Trinajstić information content (AvgIpc) is 2.49. The van der Waals surface area contributed by atoms with Gasteiger partial charge in [0.15, 0.2) is 0 Å². The Bertz CT molecular complexity index is 401. The number of imidazole rings is 1. The number of hydrogen-bond donors (Lipinski definition) is 0. The van der Waals surface area contributed by atoms with E-state index < -0.39 is 0 Å². The molecule has 2 aromatic rings. The highest BCUT2D eigenvalue weighted by atomic mass is 15.0. The molecule has 0 atom stereocenters. The first kappa shape index (κ1) is 7.35. The third-order valence-electron chi connectivity index (χ3n) is 2.18. The molecule has 0 N–H and O–H groups in total. The number of para-hydroxylation sites is 1. The predicted octanol–water partition coefficient (Wildman–Crippen LogP) is 2.36. The number of fused-ring (bicyclic) bond motifs is 1. The Balaban J connectivity index is 2.83. The van der Waals surface area contributed by atoms with E-state index in [-0.39, 0.29) is 0 Å². The van der Waals surface area contributed by atoms with E-state index in [1.807, 2.05) is 12.4 Å². The standard InChI is InChI=1S/C10H12N2/c1-3-12-7-11-9-6-4-5-8(2)10(9)12/h4-7H,3H2,1-2H3. The van der Waals surface area contributed by atoms with E-state index in [1.165, 1.54) is 11.1 Å². The molecular formula is C10H12N2. The van der Waals surface area contributed by atoms with Crippen molar-refractivity contribution < 1.29 is 0 Å². The normalized spacial score (nSPS) is 10.8. The lowest BCUT2D eigenvalue weighted by molar-refractivity contribution is 0.785. The van der Waals surface area contributed by atoms with Crippen molar-refractivity contribution in [2.24, 2.45) is 0 Å². The summed E-state index contributed by atoms with van der Waals surface area (Å²) in [5.74, 6) is 0. The Morgan fingerprint density at radius 1 is 1.42 bits per heavy atom. The van der Waals surface area contributed by atoms with Crippen molar-refractivity contribution in [1.29, 1.82) is 0 Å². The molecule has 62 valence electrons. The number of hydrogen-bond acceptors (Lipinski definition) is 1. The maximum Gasteiger partial charge on any atom is 0.0958 e. The van der Waals surface area contributed by atoms with Crippen LogP contribution in [0.2, 0.25) is 0 Å². The van der Waals surface area contributed by atoms with Crippen molar-refractivity contribution in [1.82, 2.24) is 9.55 Å². The summed E-state index contributed by atoms with van der Waals surface area (Å²) in [5, 5.41) is 0. The molecule has 0 amide bonds. The van der Waals surface area contributed by atoms with Crippen molar-refractivity contribution in [3.63, 3.8) is 0 Å². The number of aryl methyl sites for hydroxylation is 2. The molecule has 0 saturated heterocycles. The zero-order chi connectivity index (χ0) is 8.55. The summed E-state index contributed by atoms with van der Waals surface area (Å²) in [6.45, 7) is 5.24. The smallest absolute Gasteiger partial charge is 0.0958 e. The molecule has 2 nitrogen and oxygen atoms in total. The molecule has 0 spiro atoms. The first-order valence-electron chi connectivity index (χ1n) is 4.23. The highest BCUT2D eigenvalue weighted by Crippen LogP contribution is 2.16. The molecule has 0 saturated carbocycles. The van der Waals surface area contributed by atoms with E-state index in [0.29, 0.717) is 0 Å². The summed E-state index contributed by atoms with van der Waals surface area (Å²) in [7, 11) is 0. The maximum absolute atomic E-state index is 4.31. The number of rotatable bonds is 1. The molecule has 0 radical (unpaired) electrons. The monoisotopic (exact) mass is 160 g/mol. The lowest BCUT2D eigenvalue weighted by Gasteiger charge is -2.00. The summed E-state index contributed by atoms with van der Waals surface area (Å²) in [6, 6.07) is 6.22. The highest BCUT2D eigenvalue weighted by Gasteiger charge is 2.01. The van der Waals surface area contributed by atoms with Gasteiger partial charge in [0.2, 0.25) is 0 Å². The second-order valence-electron chi connectivity index (χ2n) is 2.97. The highest BCUT2D eigenvalue weighted by molar-refractivity contribution is 5.78. The van der Waals surface area contributed by atoms with Crippen LogP contribution in [0, 0.1) is 6.92 Å². The molecule has 12 heavy (non-hydrogen) atoms. The van der Waals surface area contributed by atoms with Crippen LogP contribution in [-0.4, -0.2) is 9.55 Å². The van der Waals surface area contributed by atoms with Crippen molar-refractivity contribution in [2.75, 3.05) is 0 Å². The quantitative estimate of drug-likeness (QED) is 0.626. The van der Waals surface area contributed by atoms with Gasteiger partial charge in [0.1, 0.15) is 0 Å². The van der Waals surface area contributed by atoms with Crippen LogP contribution in [0.25, 0.3) is 11.0 Å². The van der Waals surface area contributed by atoms with Crippen molar-refractivity contribution in [2.45, 2.75) is 20.4 Å². The second-order valence-corrected chi connectivity index (χ2v) is 2.97. The van der Waals surface area contributed by atoms with Gasteiger partial charge in [0.25, 0.3) is 0 Å². The second kappa shape index (κ2) is 2.63. The van der Waals surface area contributed by atoms with Gasteiger partial charge in [0, 0.05) is 6.54 Å². The van der Waals surface area contributed by atoms with Crippen LogP contribution in [0.1, 0.15) is 12.5 Å². The van der Waals surface area contributed by atoms with Gasteiger partial charge in [0.05, 0.1) is 17.4 Å². The number of aromatic nitrogens is 2. The Morgan fingerprint density at radius 3 is 3.00 bits per heavy atom.